The van der Waals surface area contributed by atoms with Crippen molar-refractivity contribution in [2.45, 2.75) is 70.3 Å². The molecule has 8 N–H and O–H groups in total. The number of phenolic OH excluding ortho intramolecular Hbond substituents is 1. The summed E-state index contributed by atoms with van der Waals surface area (Å²) in [4.78, 5) is 50.3. The summed E-state index contributed by atoms with van der Waals surface area (Å²) >= 11 is 1.54. The lowest BCUT2D eigenvalue weighted by atomic mass is 9.96. The Kier molecular flexibility index (Phi) is 13.3. The van der Waals surface area contributed by atoms with Crippen LogP contribution in [-0.4, -0.2) is 81.3 Å². The van der Waals surface area contributed by atoms with E-state index in [0.717, 1.165) is 0 Å². The van der Waals surface area contributed by atoms with Crippen molar-refractivity contribution in [3.8, 4) is 5.75 Å². The van der Waals surface area contributed by atoms with Crippen LogP contribution in [0.15, 0.2) is 24.3 Å². The van der Waals surface area contributed by atoms with E-state index in [1.165, 1.54) is 30.8 Å². The number of thioether (sulfide) groups is 1. The topological polar surface area (TPSA) is 191 Å². The fourth-order valence-corrected chi connectivity index (χ4v) is 3.81. The average molecular weight is 527 g/mol. The molecule has 0 saturated carbocycles. The number of amides is 3. The van der Waals surface area contributed by atoms with E-state index in [-0.39, 0.29) is 18.1 Å². The van der Waals surface area contributed by atoms with Gasteiger partial charge in [-0.1, -0.05) is 32.4 Å². The van der Waals surface area contributed by atoms with E-state index in [1.807, 2.05) is 6.26 Å². The van der Waals surface area contributed by atoms with Gasteiger partial charge in [0.15, 0.2) is 6.04 Å². The highest BCUT2D eigenvalue weighted by atomic mass is 32.2. The van der Waals surface area contributed by atoms with Gasteiger partial charge in [-0.15, -0.1) is 0 Å². The molecule has 0 aliphatic carbocycles. The van der Waals surface area contributed by atoms with Crippen LogP contribution in [0.4, 0.5) is 0 Å². The van der Waals surface area contributed by atoms with Crippen molar-refractivity contribution in [1.82, 2.24) is 16.0 Å². The average Bonchev–Trinajstić information content (AvgIpc) is 2.83. The first-order valence-corrected chi connectivity index (χ1v) is 13.1. The number of hydrogen-bond donors (Lipinski definition) is 7. The van der Waals surface area contributed by atoms with Crippen LogP contribution in [0, 0.1) is 5.92 Å². The molecule has 0 aliphatic heterocycles. The molecule has 0 bridgehead atoms. The van der Waals surface area contributed by atoms with Crippen molar-refractivity contribution in [2.24, 2.45) is 11.7 Å². The molecule has 0 spiro atoms. The third-order valence-electron chi connectivity index (χ3n) is 5.82. The van der Waals surface area contributed by atoms with Gasteiger partial charge in [-0.25, -0.2) is 4.79 Å². The van der Waals surface area contributed by atoms with Crippen LogP contribution in [0.3, 0.4) is 0 Å². The predicted molar refractivity (Wildman–Crippen MR) is 137 cm³/mol. The Morgan fingerprint density at radius 1 is 0.972 bits per heavy atom. The van der Waals surface area contributed by atoms with E-state index < -0.39 is 54.0 Å². The van der Waals surface area contributed by atoms with Gasteiger partial charge >= 0.3 is 5.97 Å². The van der Waals surface area contributed by atoms with Crippen molar-refractivity contribution in [1.29, 1.82) is 0 Å². The lowest BCUT2D eigenvalue weighted by molar-refractivity contribution is -0.145. The van der Waals surface area contributed by atoms with E-state index in [0.29, 0.717) is 24.2 Å². The molecule has 3 amide bonds. The number of nitrogens with two attached hydrogens (primary N) is 1. The van der Waals surface area contributed by atoms with Crippen LogP contribution in [0.25, 0.3) is 0 Å². The first-order valence-electron chi connectivity index (χ1n) is 11.8. The number of carboxylic acids is 1. The fraction of sp³-hybridized carbons (Fsp3) is 0.583. The zero-order valence-corrected chi connectivity index (χ0v) is 21.9. The lowest BCUT2D eigenvalue weighted by Crippen LogP contribution is -2.60. The predicted octanol–water partition coefficient (Wildman–Crippen LogP) is -0.0190. The van der Waals surface area contributed by atoms with Gasteiger partial charge in [-0.2, -0.15) is 11.8 Å². The molecule has 1 rings (SSSR count). The Bertz CT molecular complexity index is 882. The number of phenols is 1. The highest BCUT2D eigenvalue weighted by Crippen LogP contribution is 2.14. The SMILES string of the molecule is CCC(C)C(NC(=O)C(Cc1ccc(O)cc1)NC(=O)C(N)CCSC)C(=O)NC(C(=O)O)C(C)O. The Hall–Kier alpha value is -2.83. The maximum atomic E-state index is 13.3. The summed E-state index contributed by atoms with van der Waals surface area (Å²) in [6.07, 6.45) is 1.49. The number of aromatic hydroxyl groups is 1. The molecule has 0 aliphatic rings. The van der Waals surface area contributed by atoms with Crippen molar-refractivity contribution < 1.29 is 34.5 Å². The van der Waals surface area contributed by atoms with Crippen molar-refractivity contribution >= 4 is 35.5 Å². The van der Waals surface area contributed by atoms with Crippen LogP contribution in [0.1, 0.15) is 39.2 Å². The van der Waals surface area contributed by atoms with Crippen LogP contribution in [0.2, 0.25) is 0 Å². The zero-order chi connectivity index (χ0) is 27.4. The summed E-state index contributed by atoms with van der Waals surface area (Å²) in [5.41, 5.74) is 6.61. The van der Waals surface area contributed by atoms with Gasteiger partial charge in [-0.05, 0) is 49.0 Å². The monoisotopic (exact) mass is 526 g/mol. The van der Waals surface area contributed by atoms with Crippen LogP contribution in [0.5, 0.6) is 5.75 Å². The number of aliphatic carboxylic acids is 1. The quantitative estimate of drug-likeness (QED) is 0.165. The van der Waals surface area contributed by atoms with Gasteiger partial charge in [-0.3, -0.25) is 14.4 Å². The molecule has 0 fully saturated rings. The smallest absolute Gasteiger partial charge is 0.328 e. The molecule has 0 saturated heterocycles. The molecule has 1 aromatic rings. The molecular weight excluding hydrogens is 488 g/mol. The number of carbonyl (C=O) groups excluding carboxylic acids is 3. The van der Waals surface area contributed by atoms with E-state index in [1.54, 1.807) is 26.0 Å². The maximum Gasteiger partial charge on any atom is 0.328 e. The van der Waals surface area contributed by atoms with Gasteiger partial charge in [0.05, 0.1) is 12.1 Å². The minimum atomic E-state index is -1.55. The Balaban J connectivity index is 3.15. The maximum absolute atomic E-state index is 13.3. The molecule has 36 heavy (non-hydrogen) atoms. The first kappa shape index (κ1) is 31.2. The van der Waals surface area contributed by atoms with E-state index in [4.69, 9.17) is 5.73 Å². The molecule has 0 heterocycles. The van der Waals surface area contributed by atoms with Gasteiger partial charge in [0.25, 0.3) is 0 Å². The summed E-state index contributed by atoms with van der Waals surface area (Å²) < 4.78 is 0. The number of benzene rings is 1. The van der Waals surface area contributed by atoms with Crippen molar-refractivity contribution in [3.05, 3.63) is 29.8 Å². The molecule has 202 valence electrons. The summed E-state index contributed by atoms with van der Waals surface area (Å²) in [7, 11) is 0. The second kappa shape index (κ2) is 15.3. The number of rotatable bonds is 15. The Morgan fingerprint density at radius 3 is 2.06 bits per heavy atom. The molecule has 0 aromatic heterocycles. The summed E-state index contributed by atoms with van der Waals surface area (Å²) in [6, 6.07) is 1.53. The van der Waals surface area contributed by atoms with Crippen molar-refractivity contribution in [3.63, 3.8) is 0 Å². The molecule has 12 heteroatoms. The number of aliphatic hydroxyl groups excluding tert-OH is 1. The molecule has 11 nitrogen and oxygen atoms in total. The minimum absolute atomic E-state index is 0.0440. The van der Waals surface area contributed by atoms with Gasteiger partial charge in [0.1, 0.15) is 17.8 Å². The number of nitrogens with one attached hydrogen (secondary N) is 3. The number of carbonyl (C=O) groups is 4. The van der Waals surface area contributed by atoms with Crippen LogP contribution < -0.4 is 21.7 Å². The largest absolute Gasteiger partial charge is 0.508 e. The Morgan fingerprint density at radius 2 is 1.56 bits per heavy atom. The van der Waals surface area contributed by atoms with Gasteiger partial charge in [0.2, 0.25) is 17.7 Å². The second-order valence-electron chi connectivity index (χ2n) is 8.76. The van der Waals surface area contributed by atoms with Gasteiger partial charge in [0, 0.05) is 6.42 Å². The third kappa shape index (κ3) is 10.0. The van der Waals surface area contributed by atoms with Crippen molar-refractivity contribution in [2.75, 3.05) is 12.0 Å². The van der Waals surface area contributed by atoms with Gasteiger partial charge < -0.3 is 37.0 Å². The fourth-order valence-electron chi connectivity index (χ4n) is 3.32. The summed E-state index contributed by atoms with van der Waals surface area (Å²) in [6.45, 7) is 4.76. The minimum Gasteiger partial charge on any atom is -0.508 e. The molecule has 1 aromatic carbocycles. The third-order valence-corrected chi connectivity index (χ3v) is 6.46. The molecule has 6 unspecified atom stereocenters. The highest BCUT2D eigenvalue weighted by Gasteiger charge is 2.34. The standard InChI is InChI=1S/C24H38N4O7S/c1-5-13(2)19(23(33)28-20(14(3)29)24(34)35)27-22(32)18(12-15-6-8-16(30)9-7-15)26-21(31)17(25)10-11-36-4/h6-9,13-14,17-20,29-30H,5,10-12,25H2,1-4H3,(H,26,31)(H,27,32)(H,28,33)(H,34,35). The Labute approximate surface area is 215 Å². The van der Waals surface area contributed by atoms with Crippen LogP contribution >= 0.6 is 11.8 Å². The zero-order valence-electron chi connectivity index (χ0n) is 21.1. The van der Waals surface area contributed by atoms with E-state index in [9.17, 15) is 34.5 Å². The molecular formula is C24H38N4O7S. The molecule has 6 atom stereocenters. The second-order valence-corrected chi connectivity index (χ2v) is 9.74. The number of hydrogen-bond acceptors (Lipinski definition) is 8. The highest BCUT2D eigenvalue weighted by molar-refractivity contribution is 7.98. The van der Waals surface area contributed by atoms with E-state index >= 15 is 0 Å². The molecule has 0 radical (unpaired) electrons. The summed E-state index contributed by atoms with van der Waals surface area (Å²) in [5.74, 6) is -3.03. The number of carboxylic acid groups (broad SMARTS) is 1. The normalized spacial score (nSPS) is 16.1. The number of aliphatic hydroxyl groups is 1. The van der Waals surface area contributed by atoms with Crippen LogP contribution in [-0.2, 0) is 25.6 Å². The van der Waals surface area contributed by atoms with E-state index in [2.05, 4.69) is 16.0 Å². The lowest BCUT2D eigenvalue weighted by Gasteiger charge is -2.28. The summed E-state index contributed by atoms with van der Waals surface area (Å²) in [5, 5.41) is 36.1. The first-order chi connectivity index (χ1) is 16.9.